The molecule has 1 fully saturated rings. The van der Waals surface area contributed by atoms with Gasteiger partial charge in [0.05, 0.1) is 13.0 Å². The number of rotatable bonds is 5. The molecule has 0 aromatic carbocycles. The van der Waals surface area contributed by atoms with Crippen molar-refractivity contribution in [2.45, 2.75) is 39.2 Å². The van der Waals surface area contributed by atoms with Crippen LogP contribution < -0.4 is 5.73 Å². The number of hydrogen-bond donors (Lipinski definition) is 1. The van der Waals surface area contributed by atoms with Crippen LogP contribution in [-0.2, 0) is 14.3 Å². The van der Waals surface area contributed by atoms with E-state index in [0.29, 0.717) is 12.3 Å². The quantitative estimate of drug-likeness (QED) is 0.737. The molecule has 0 bridgehead atoms. The molecule has 104 valence electrons. The van der Waals surface area contributed by atoms with Crippen molar-refractivity contribution in [1.82, 2.24) is 4.90 Å². The number of amides is 1. The van der Waals surface area contributed by atoms with E-state index in [1.807, 2.05) is 6.92 Å². The second-order valence-electron chi connectivity index (χ2n) is 5.20. The fourth-order valence-corrected chi connectivity index (χ4v) is 2.55. The molecule has 0 spiro atoms. The summed E-state index contributed by atoms with van der Waals surface area (Å²) in [6.45, 7) is 5.78. The van der Waals surface area contributed by atoms with Crippen molar-refractivity contribution in [2.24, 2.45) is 17.6 Å². The van der Waals surface area contributed by atoms with Gasteiger partial charge in [0.15, 0.2) is 0 Å². The number of piperidine rings is 1. The van der Waals surface area contributed by atoms with Crippen molar-refractivity contribution in [3.8, 4) is 0 Å². The van der Waals surface area contributed by atoms with Crippen molar-refractivity contribution in [3.63, 3.8) is 0 Å². The normalized spacial score (nSPS) is 21.3. The summed E-state index contributed by atoms with van der Waals surface area (Å²) >= 11 is 0. The number of carbonyl (C=O) groups excluding carboxylic acids is 2. The highest BCUT2D eigenvalue weighted by Crippen LogP contribution is 2.24. The Labute approximate surface area is 109 Å². The molecule has 0 radical (unpaired) electrons. The fourth-order valence-electron chi connectivity index (χ4n) is 2.55. The van der Waals surface area contributed by atoms with Crippen LogP contribution >= 0.6 is 0 Å². The van der Waals surface area contributed by atoms with Gasteiger partial charge in [0.2, 0.25) is 5.91 Å². The van der Waals surface area contributed by atoms with Crippen LogP contribution in [0, 0.1) is 11.8 Å². The zero-order valence-corrected chi connectivity index (χ0v) is 11.5. The third-order valence-corrected chi connectivity index (χ3v) is 4.01. The highest BCUT2D eigenvalue weighted by atomic mass is 16.5. The lowest BCUT2D eigenvalue weighted by Crippen LogP contribution is -2.45. The minimum atomic E-state index is -0.218. The number of primary amides is 1. The van der Waals surface area contributed by atoms with Crippen molar-refractivity contribution in [2.75, 3.05) is 20.2 Å². The zero-order valence-electron chi connectivity index (χ0n) is 11.5. The lowest BCUT2D eigenvalue weighted by Gasteiger charge is -2.37. The van der Waals surface area contributed by atoms with E-state index in [1.165, 1.54) is 7.11 Å². The molecule has 0 aliphatic carbocycles. The highest BCUT2D eigenvalue weighted by molar-refractivity contribution is 5.74. The Balaban J connectivity index is 2.42. The molecule has 1 saturated heterocycles. The number of nitrogens with two attached hydrogens (primary N) is 1. The Bertz CT molecular complexity index is 299. The lowest BCUT2D eigenvalue weighted by atomic mass is 9.91. The molecule has 0 aromatic rings. The molecule has 0 aromatic heterocycles. The van der Waals surface area contributed by atoms with E-state index in [1.54, 1.807) is 0 Å². The first-order chi connectivity index (χ1) is 8.45. The molecule has 5 heteroatoms. The Morgan fingerprint density at radius 2 is 1.89 bits per heavy atom. The molecule has 1 amide bonds. The van der Waals surface area contributed by atoms with Gasteiger partial charge in [-0.05, 0) is 38.8 Å². The summed E-state index contributed by atoms with van der Waals surface area (Å²) in [5.41, 5.74) is 5.21. The summed E-state index contributed by atoms with van der Waals surface area (Å²) < 4.78 is 4.77. The Morgan fingerprint density at radius 3 is 2.33 bits per heavy atom. The summed E-state index contributed by atoms with van der Waals surface area (Å²) in [4.78, 5) is 24.7. The van der Waals surface area contributed by atoms with Crippen LogP contribution in [0.1, 0.15) is 33.1 Å². The SMILES string of the molecule is COC(=O)C(C)C(C)N1CCC(CC(N)=O)CC1. The van der Waals surface area contributed by atoms with Gasteiger partial charge in [0.25, 0.3) is 0 Å². The van der Waals surface area contributed by atoms with Gasteiger partial charge in [0.1, 0.15) is 0 Å². The number of nitrogens with zero attached hydrogens (tertiary/aromatic N) is 1. The van der Waals surface area contributed by atoms with E-state index in [-0.39, 0.29) is 23.8 Å². The third kappa shape index (κ3) is 3.98. The highest BCUT2D eigenvalue weighted by Gasteiger charge is 2.29. The second kappa shape index (κ2) is 6.73. The number of methoxy groups -OCH3 is 1. The van der Waals surface area contributed by atoms with E-state index in [2.05, 4.69) is 11.8 Å². The average molecular weight is 256 g/mol. The van der Waals surface area contributed by atoms with Gasteiger partial charge in [0, 0.05) is 12.5 Å². The van der Waals surface area contributed by atoms with Gasteiger partial charge < -0.3 is 10.5 Å². The van der Waals surface area contributed by atoms with Gasteiger partial charge in [-0.2, -0.15) is 0 Å². The molecule has 1 rings (SSSR count). The van der Waals surface area contributed by atoms with E-state index in [4.69, 9.17) is 10.5 Å². The molecular formula is C13H24N2O3. The Morgan fingerprint density at radius 1 is 1.33 bits per heavy atom. The first-order valence-corrected chi connectivity index (χ1v) is 6.55. The number of carbonyl (C=O) groups is 2. The molecule has 1 heterocycles. The van der Waals surface area contributed by atoms with Gasteiger partial charge in [-0.25, -0.2) is 0 Å². The van der Waals surface area contributed by atoms with E-state index in [9.17, 15) is 9.59 Å². The van der Waals surface area contributed by atoms with Crippen LogP contribution in [0.25, 0.3) is 0 Å². The number of ether oxygens (including phenoxy) is 1. The molecule has 1 aliphatic heterocycles. The Kier molecular flexibility index (Phi) is 5.59. The maximum Gasteiger partial charge on any atom is 0.309 e. The second-order valence-corrected chi connectivity index (χ2v) is 5.20. The molecule has 1 aliphatic rings. The number of esters is 1. The standard InChI is InChI=1S/C13H24N2O3/c1-9(13(17)18-3)10(2)15-6-4-11(5-7-15)8-12(14)16/h9-11H,4-8H2,1-3H3,(H2,14,16). The van der Waals surface area contributed by atoms with E-state index < -0.39 is 0 Å². The summed E-state index contributed by atoms with van der Waals surface area (Å²) in [5.74, 6) is -0.103. The van der Waals surface area contributed by atoms with Crippen molar-refractivity contribution in [1.29, 1.82) is 0 Å². The number of likely N-dealkylation sites (tertiary alicyclic amines) is 1. The van der Waals surface area contributed by atoms with E-state index in [0.717, 1.165) is 25.9 Å². The zero-order chi connectivity index (χ0) is 13.7. The van der Waals surface area contributed by atoms with Gasteiger partial charge in [-0.1, -0.05) is 6.92 Å². The van der Waals surface area contributed by atoms with Crippen molar-refractivity contribution >= 4 is 11.9 Å². The smallest absolute Gasteiger partial charge is 0.309 e. The monoisotopic (exact) mass is 256 g/mol. The van der Waals surface area contributed by atoms with Gasteiger partial charge >= 0.3 is 5.97 Å². The van der Waals surface area contributed by atoms with Crippen LogP contribution in [0.4, 0.5) is 0 Å². The van der Waals surface area contributed by atoms with Gasteiger partial charge in [-0.3, -0.25) is 14.5 Å². The van der Waals surface area contributed by atoms with Crippen LogP contribution in [0.2, 0.25) is 0 Å². The lowest BCUT2D eigenvalue weighted by molar-refractivity contribution is -0.147. The van der Waals surface area contributed by atoms with Crippen LogP contribution in [0.5, 0.6) is 0 Å². The first-order valence-electron chi connectivity index (χ1n) is 6.55. The van der Waals surface area contributed by atoms with Gasteiger partial charge in [-0.15, -0.1) is 0 Å². The molecule has 5 nitrogen and oxygen atoms in total. The molecule has 2 N–H and O–H groups in total. The average Bonchev–Trinajstić information content (AvgIpc) is 2.36. The largest absolute Gasteiger partial charge is 0.469 e. The predicted octanol–water partition coefficient (Wildman–Crippen LogP) is 0.771. The molecule has 2 unspecified atom stereocenters. The third-order valence-electron chi connectivity index (χ3n) is 4.01. The fraction of sp³-hybridized carbons (Fsp3) is 0.846. The van der Waals surface area contributed by atoms with E-state index >= 15 is 0 Å². The van der Waals surface area contributed by atoms with Crippen LogP contribution in [-0.4, -0.2) is 43.0 Å². The minimum absolute atomic E-state index is 0.123. The first kappa shape index (κ1) is 15.0. The summed E-state index contributed by atoms with van der Waals surface area (Å²) in [7, 11) is 1.42. The van der Waals surface area contributed by atoms with Crippen LogP contribution in [0.3, 0.4) is 0 Å². The molecule has 18 heavy (non-hydrogen) atoms. The number of hydrogen-bond acceptors (Lipinski definition) is 4. The molecule has 2 atom stereocenters. The summed E-state index contributed by atoms with van der Waals surface area (Å²) in [6, 6.07) is 0.173. The topological polar surface area (TPSA) is 72.6 Å². The van der Waals surface area contributed by atoms with Crippen molar-refractivity contribution < 1.29 is 14.3 Å². The minimum Gasteiger partial charge on any atom is -0.469 e. The molecular weight excluding hydrogens is 232 g/mol. The van der Waals surface area contributed by atoms with Crippen molar-refractivity contribution in [3.05, 3.63) is 0 Å². The maximum atomic E-state index is 11.5. The Hall–Kier alpha value is -1.10. The molecule has 0 saturated carbocycles. The summed E-state index contributed by atoms with van der Waals surface area (Å²) in [6.07, 6.45) is 2.43. The summed E-state index contributed by atoms with van der Waals surface area (Å²) in [5, 5.41) is 0. The van der Waals surface area contributed by atoms with Crippen LogP contribution in [0.15, 0.2) is 0 Å². The predicted molar refractivity (Wildman–Crippen MR) is 68.8 cm³/mol. The maximum absolute atomic E-state index is 11.5.